The topological polar surface area (TPSA) is 216 Å². The van der Waals surface area contributed by atoms with Gasteiger partial charge in [-0.05, 0) is 131 Å². The fourth-order valence-corrected chi connectivity index (χ4v) is 10.8. The van der Waals surface area contributed by atoms with Crippen molar-refractivity contribution in [1.82, 2.24) is 40.5 Å². The van der Waals surface area contributed by atoms with Crippen LogP contribution in [0.15, 0.2) is 102 Å². The number of nitrogens with zero attached hydrogens (tertiary/aromatic N) is 9. The van der Waals surface area contributed by atoms with Gasteiger partial charge in [0.15, 0.2) is 0 Å². The van der Waals surface area contributed by atoms with Gasteiger partial charge in [0, 0.05) is 72.6 Å². The van der Waals surface area contributed by atoms with Crippen LogP contribution >= 0.6 is 50.5 Å². The fraction of sp³-hybridized carbons (Fsp3) is 0.312. The third kappa shape index (κ3) is 9.86. The SMILES string of the molecule is Cc1cc(=O)n(-c2ccc3snc(C(Br)C(C)O)c3c2)c(=O)n1C.Cc1cc(=O)n(-c2ccc3snc([C@H]4O[C@@H]4C)c3c2)c(=O)n1C.Cc1cc(=O)n(-c2ccc3snc([C@H]4O[C@H]4C)c3c2)c(=O)n1C.[H-].[Na+]. The Hall–Kier alpha value is -5.27. The van der Waals surface area contributed by atoms with Crippen LogP contribution in [-0.2, 0) is 30.6 Å². The van der Waals surface area contributed by atoms with E-state index in [2.05, 4.69) is 29.1 Å². The summed E-state index contributed by atoms with van der Waals surface area (Å²) in [5.41, 5.74) is 3.81. The quantitative estimate of drug-likeness (QED) is 0.138. The Morgan fingerprint density at radius 1 is 0.563 bits per heavy atom. The summed E-state index contributed by atoms with van der Waals surface area (Å²) in [4.78, 5) is 73.9. The van der Waals surface area contributed by atoms with E-state index in [1.54, 1.807) is 73.1 Å². The number of aliphatic hydroxyl groups excluding tert-OH is 1. The zero-order chi connectivity index (χ0) is 50.2. The van der Waals surface area contributed by atoms with E-state index in [4.69, 9.17) is 9.47 Å². The van der Waals surface area contributed by atoms with Crippen LogP contribution in [0.1, 0.15) is 73.4 Å². The number of hydrogen-bond acceptors (Lipinski definition) is 15. The summed E-state index contributed by atoms with van der Waals surface area (Å²) in [6.07, 6.45) is -0.264. The largest absolute Gasteiger partial charge is 1.00 e. The predicted molar refractivity (Wildman–Crippen MR) is 277 cm³/mol. The standard InChI is InChI=1S/C16H16BrN3O3S.2C16H15N3O3S.Na.H/c1-8-6-13(22)20(16(23)19(8)3)10-4-5-12-11(7-10)15(18-24-12)14(17)9(2)21;2*1-8-6-13(20)19(16(21)18(8)3)10-4-5-12-11(7-10)14(17-23-12)15-9(2)22-15;;/h4-7,9,14,21H,1-3H3;2*4-7,9,15H,1-3H3;;/q;;;+1;-1/t;9-,15+;9-,15-;;/m.10../s1. The van der Waals surface area contributed by atoms with Crippen molar-refractivity contribution in [3.8, 4) is 17.1 Å². The summed E-state index contributed by atoms with van der Waals surface area (Å²) >= 11 is 7.56. The molecule has 3 aromatic carbocycles. The Kier molecular flexibility index (Phi) is 14.9. The van der Waals surface area contributed by atoms with Gasteiger partial charge in [-0.3, -0.25) is 14.4 Å². The molecule has 0 aliphatic carbocycles. The molecular formula is C48H47BrN9NaO9S3. The number of rotatable bonds is 7. The molecule has 2 unspecified atom stereocenters. The average molecular weight is 1090 g/mol. The summed E-state index contributed by atoms with van der Waals surface area (Å²) in [6, 6.07) is 20.7. The maximum Gasteiger partial charge on any atom is 1.00 e. The minimum Gasteiger partial charge on any atom is -1.00 e. The molecule has 2 fully saturated rings. The number of aliphatic hydroxyl groups is 1. The maximum absolute atomic E-state index is 12.5. The number of alkyl halides is 1. The minimum atomic E-state index is -0.617. The van der Waals surface area contributed by atoms with E-state index in [1.807, 2.05) is 44.2 Å². The van der Waals surface area contributed by atoms with Crippen molar-refractivity contribution < 1.29 is 45.6 Å². The number of benzene rings is 3. The van der Waals surface area contributed by atoms with Crippen molar-refractivity contribution >= 4 is 80.8 Å². The van der Waals surface area contributed by atoms with E-state index in [0.29, 0.717) is 39.8 Å². The molecular weight excluding hydrogens is 1050 g/mol. The van der Waals surface area contributed by atoms with E-state index >= 15 is 0 Å². The van der Waals surface area contributed by atoms with Crippen molar-refractivity contribution in [2.45, 2.75) is 76.9 Å². The van der Waals surface area contributed by atoms with E-state index < -0.39 is 11.8 Å². The number of epoxide rings is 2. The second kappa shape index (κ2) is 20.3. The van der Waals surface area contributed by atoms with Gasteiger partial charge in [0.1, 0.15) is 12.2 Å². The Labute approximate surface area is 448 Å². The molecule has 364 valence electrons. The molecule has 9 aromatic rings. The van der Waals surface area contributed by atoms with E-state index in [9.17, 15) is 33.9 Å². The average Bonchev–Trinajstić information content (AvgIpc) is 4.00. The third-order valence-corrected chi connectivity index (χ3v) is 16.3. The Morgan fingerprint density at radius 3 is 1.20 bits per heavy atom. The first-order valence-electron chi connectivity index (χ1n) is 22.0. The van der Waals surface area contributed by atoms with Gasteiger partial charge in [0.05, 0.1) is 71.4 Å². The summed E-state index contributed by atoms with van der Waals surface area (Å²) < 4.78 is 35.2. The van der Waals surface area contributed by atoms with Gasteiger partial charge in [-0.1, -0.05) is 15.9 Å². The number of ether oxygens (including phenoxy) is 2. The van der Waals surface area contributed by atoms with Crippen LogP contribution in [0, 0.1) is 20.8 Å². The molecule has 0 saturated carbocycles. The van der Waals surface area contributed by atoms with Crippen LogP contribution in [0.4, 0.5) is 0 Å². The van der Waals surface area contributed by atoms with Crippen molar-refractivity contribution in [2.24, 2.45) is 21.1 Å². The molecule has 6 atom stereocenters. The molecule has 18 nitrogen and oxygen atoms in total. The van der Waals surface area contributed by atoms with Gasteiger partial charge in [0.2, 0.25) is 0 Å². The Bertz CT molecular complexity index is 3780. The summed E-state index contributed by atoms with van der Waals surface area (Å²) in [5, 5.41) is 12.5. The van der Waals surface area contributed by atoms with Crippen LogP contribution in [0.25, 0.3) is 47.3 Å². The molecule has 23 heteroatoms. The number of aromatic nitrogens is 9. The predicted octanol–water partition coefficient (Wildman–Crippen LogP) is 3.22. The molecule has 11 rings (SSSR count). The molecule has 0 spiro atoms. The van der Waals surface area contributed by atoms with Crippen molar-refractivity contribution in [3.05, 3.63) is 169 Å². The van der Waals surface area contributed by atoms with Gasteiger partial charge in [0.25, 0.3) is 16.7 Å². The second-order valence-electron chi connectivity index (χ2n) is 17.3. The first-order valence-corrected chi connectivity index (χ1v) is 25.2. The smallest absolute Gasteiger partial charge is 1.00 e. The molecule has 2 aliphatic heterocycles. The van der Waals surface area contributed by atoms with E-state index in [1.165, 1.54) is 75.6 Å². The van der Waals surface area contributed by atoms with Gasteiger partial charge < -0.3 is 29.7 Å². The molecule has 0 amide bonds. The zero-order valence-electron chi connectivity index (χ0n) is 41.2. The van der Waals surface area contributed by atoms with Gasteiger partial charge >= 0.3 is 46.6 Å². The molecule has 6 aromatic heterocycles. The number of aryl methyl sites for hydroxylation is 3. The van der Waals surface area contributed by atoms with Gasteiger partial charge in [-0.2, -0.15) is 13.1 Å². The van der Waals surface area contributed by atoms with Crippen LogP contribution in [0.5, 0.6) is 0 Å². The molecule has 71 heavy (non-hydrogen) atoms. The third-order valence-electron chi connectivity index (χ3n) is 12.5. The summed E-state index contributed by atoms with van der Waals surface area (Å²) in [6.45, 7) is 10.9. The Balaban J connectivity index is 0.000000156. The summed E-state index contributed by atoms with van der Waals surface area (Å²) in [5.74, 6) is 0. The van der Waals surface area contributed by atoms with Crippen LogP contribution < -0.4 is 63.3 Å². The molecule has 0 radical (unpaired) electrons. The normalized spacial score (nSPS) is 17.8. The monoisotopic (exact) mass is 1090 g/mol. The van der Waals surface area contributed by atoms with Crippen LogP contribution in [0.2, 0.25) is 0 Å². The Morgan fingerprint density at radius 2 is 0.873 bits per heavy atom. The number of hydrogen-bond donors (Lipinski definition) is 1. The van der Waals surface area contributed by atoms with Crippen molar-refractivity contribution in [1.29, 1.82) is 0 Å². The zero-order valence-corrected chi connectivity index (χ0v) is 46.3. The molecule has 8 heterocycles. The minimum absolute atomic E-state index is 0. The molecule has 2 saturated heterocycles. The van der Waals surface area contributed by atoms with Gasteiger partial charge in [-0.25, -0.2) is 28.1 Å². The van der Waals surface area contributed by atoms with Crippen molar-refractivity contribution in [2.75, 3.05) is 0 Å². The maximum atomic E-state index is 12.5. The van der Waals surface area contributed by atoms with Gasteiger partial charge in [-0.15, -0.1) is 0 Å². The molecule has 2 aliphatic rings. The molecule has 1 N–H and O–H groups in total. The summed E-state index contributed by atoms with van der Waals surface area (Å²) in [7, 11) is 4.94. The first kappa shape index (κ1) is 52.1. The van der Waals surface area contributed by atoms with E-state index in [0.717, 1.165) is 46.2 Å². The van der Waals surface area contributed by atoms with E-state index in [-0.39, 0.29) is 88.3 Å². The first-order chi connectivity index (χ1) is 33.2. The number of halogens is 1. The fourth-order valence-electron chi connectivity index (χ4n) is 7.95. The van der Waals surface area contributed by atoms with Crippen molar-refractivity contribution in [3.63, 3.8) is 0 Å². The second-order valence-corrected chi connectivity index (χ2v) is 20.7. The number of fused-ring (bicyclic) bond motifs is 3. The van der Waals surface area contributed by atoms with Crippen LogP contribution in [-0.4, -0.2) is 63.9 Å². The van der Waals surface area contributed by atoms with Crippen LogP contribution in [0.3, 0.4) is 0 Å². The molecule has 0 bridgehead atoms.